The van der Waals surface area contributed by atoms with Gasteiger partial charge in [0.1, 0.15) is 5.69 Å². The lowest BCUT2D eigenvalue weighted by Gasteiger charge is -2.05. The molecule has 0 aromatic carbocycles. The second-order valence-corrected chi connectivity index (χ2v) is 2.72. The number of halogens is 4. The van der Waals surface area contributed by atoms with Crippen molar-refractivity contribution in [2.24, 2.45) is 5.73 Å². The molecule has 1 amide bonds. The van der Waals surface area contributed by atoms with Gasteiger partial charge in [-0.05, 0) is 6.07 Å². The lowest BCUT2D eigenvalue weighted by Crippen LogP contribution is -2.17. The van der Waals surface area contributed by atoms with Crippen LogP contribution in [0.4, 0.5) is 13.2 Å². The van der Waals surface area contributed by atoms with Crippen LogP contribution in [0.25, 0.3) is 0 Å². The summed E-state index contributed by atoms with van der Waals surface area (Å²) in [6.07, 6.45) is -3.03. The van der Waals surface area contributed by atoms with Crippen LogP contribution < -0.4 is 5.73 Å². The third-order valence-corrected chi connectivity index (χ3v) is 1.70. The lowest BCUT2D eigenvalue weighted by molar-refractivity contribution is 0.0979. The van der Waals surface area contributed by atoms with Crippen molar-refractivity contribution in [1.82, 2.24) is 4.98 Å². The van der Waals surface area contributed by atoms with Crippen molar-refractivity contribution in [3.05, 3.63) is 28.3 Å². The Morgan fingerprint density at radius 1 is 1.57 bits per heavy atom. The molecule has 0 bridgehead atoms. The van der Waals surface area contributed by atoms with Crippen molar-refractivity contribution in [1.29, 1.82) is 0 Å². The number of hydrogen-bond donors (Lipinski definition) is 1. The van der Waals surface area contributed by atoms with E-state index < -0.39 is 34.6 Å². The van der Waals surface area contributed by atoms with Gasteiger partial charge in [0, 0.05) is 0 Å². The smallest absolute Gasteiger partial charge is 0.267 e. The maximum atomic E-state index is 12.7. The summed E-state index contributed by atoms with van der Waals surface area (Å²) in [5.74, 6) is -2.30. The van der Waals surface area contributed by atoms with E-state index in [0.717, 1.165) is 0 Å². The SMILES string of the molecule is NC(=O)c1nc(Cl)c(F)cc1C(F)F. The van der Waals surface area contributed by atoms with Gasteiger partial charge in [-0.2, -0.15) is 0 Å². The molecule has 1 aromatic rings. The van der Waals surface area contributed by atoms with E-state index in [9.17, 15) is 18.0 Å². The molecule has 0 unspecified atom stereocenters. The van der Waals surface area contributed by atoms with E-state index in [1.165, 1.54) is 0 Å². The van der Waals surface area contributed by atoms with Crippen LogP contribution in [0.1, 0.15) is 22.5 Å². The molecule has 1 aromatic heterocycles. The quantitative estimate of drug-likeness (QED) is 0.780. The molecule has 0 aliphatic rings. The van der Waals surface area contributed by atoms with Crippen molar-refractivity contribution in [3.8, 4) is 0 Å². The fourth-order valence-corrected chi connectivity index (χ4v) is 0.983. The number of pyridine rings is 1. The normalized spacial score (nSPS) is 10.6. The third-order valence-electron chi connectivity index (χ3n) is 1.43. The Kier molecular flexibility index (Phi) is 2.95. The largest absolute Gasteiger partial charge is 0.364 e. The second kappa shape index (κ2) is 3.83. The molecule has 14 heavy (non-hydrogen) atoms. The summed E-state index contributed by atoms with van der Waals surface area (Å²) in [5, 5.41) is -0.664. The minimum atomic E-state index is -3.03. The highest BCUT2D eigenvalue weighted by Gasteiger charge is 2.21. The van der Waals surface area contributed by atoms with Gasteiger partial charge < -0.3 is 5.73 Å². The summed E-state index contributed by atoms with van der Waals surface area (Å²) in [5.41, 5.74) is 3.18. The van der Waals surface area contributed by atoms with Crippen molar-refractivity contribution >= 4 is 17.5 Å². The molecule has 0 saturated heterocycles. The van der Waals surface area contributed by atoms with Crippen LogP contribution in [-0.2, 0) is 0 Å². The molecular weight excluding hydrogens is 221 g/mol. The van der Waals surface area contributed by atoms with Gasteiger partial charge in [0.15, 0.2) is 11.0 Å². The average Bonchev–Trinajstić information content (AvgIpc) is 2.08. The first kappa shape index (κ1) is 10.8. The fourth-order valence-electron chi connectivity index (χ4n) is 0.844. The Bertz CT molecular complexity index is 383. The summed E-state index contributed by atoms with van der Waals surface area (Å²) in [4.78, 5) is 13.8. The highest BCUT2D eigenvalue weighted by Crippen LogP contribution is 2.25. The number of carbonyl (C=O) groups is 1. The summed E-state index contributed by atoms with van der Waals surface area (Å²) < 4.78 is 37.2. The molecule has 0 spiro atoms. The zero-order valence-electron chi connectivity index (χ0n) is 6.60. The number of primary amides is 1. The Morgan fingerprint density at radius 3 is 2.57 bits per heavy atom. The molecule has 0 aliphatic heterocycles. The maximum absolute atomic E-state index is 12.7. The van der Waals surface area contributed by atoms with E-state index in [2.05, 4.69) is 4.98 Å². The van der Waals surface area contributed by atoms with Gasteiger partial charge in [0.05, 0.1) is 5.56 Å². The van der Waals surface area contributed by atoms with Gasteiger partial charge in [0.2, 0.25) is 0 Å². The Hall–Kier alpha value is -1.30. The fraction of sp³-hybridized carbons (Fsp3) is 0.143. The number of amides is 1. The summed E-state index contributed by atoms with van der Waals surface area (Å²) in [6.45, 7) is 0. The summed E-state index contributed by atoms with van der Waals surface area (Å²) in [7, 11) is 0. The molecule has 3 nitrogen and oxygen atoms in total. The monoisotopic (exact) mass is 224 g/mol. The standard InChI is InChI=1S/C7H4ClF3N2O/c8-5-3(9)1-2(6(10)11)4(13-5)7(12)14/h1,6H,(H2,12,14). The molecule has 2 N–H and O–H groups in total. The molecule has 1 rings (SSSR count). The zero-order valence-corrected chi connectivity index (χ0v) is 7.36. The van der Waals surface area contributed by atoms with E-state index in [-0.39, 0.29) is 0 Å². The number of carbonyl (C=O) groups excluding carboxylic acids is 1. The number of nitrogens with zero attached hydrogens (tertiary/aromatic N) is 1. The number of hydrogen-bond acceptors (Lipinski definition) is 2. The van der Waals surface area contributed by atoms with Gasteiger partial charge in [-0.15, -0.1) is 0 Å². The Balaban J connectivity index is 3.39. The number of rotatable bonds is 2. The molecule has 76 valence electrons. The Morgan fingerprint density at radius 2 is 2.14 bits per heavy atom. The highest BCUT2D eigenvalue weighted by atomic mass is 35.5. The van der Waals surface area contributed by atoms with Crippen LogP contribution in [0, 0.1) is 5.82 Å². The molecule has 1 heterocycles. The topological polar surface area (TPSA) is 56.0 Å². The molecule has 0 saturated carbocycles. The van der Waals surface area contributed by atoms with Crippen molar-refractivity contribution < 1.29 is 18.0 Å². The van der Waals surface area contributed by atoms with E-state index in [1.807, 2.05) is 0 Å². The molecule has 0 fully saturated rings. The summed E-state index contributed by atoms with van der Waals surface area (Å²) >= 11 is 5.20. The predicted octanol–water partition coefficient (Wildman–Crippen LogP) is 1.91. The number of aromatic nitrogens is 1. The van der Waals surface area contributed by atoms with Crippen LogP contribution in [0.3, 0.4) is 0 Å². The molecular formula is C7H4ClF3N2O. The van der Waals surface area contributed by atoms with Gasteiger partial charge in [-0.3, -0.25) is 4.79 Å². The van der Waals surface area contributed by atoms with Crippen molar-refractivity contribution in [2.45, 2.75) is 6.43 Å². The van der Waals surface area contributed by atoms with Crippen LogP contribution in [0.2, 0.25) is 5.15 Å². The highest BCUT2D eigenvalue weighted by molar-refractivity contribution is 6.29. The minimum absolute atomic E-state index is 0.445. The van der Waals surface area contributed by atoms with Crippen molar-refractivity contribution in [2.75, 3.05) is 0 Å². The van der Waals surface area contributed by atoms with E-state index in [1.54, 1.807) is 0 Å². The van der Waals surface area contributed by atoms with Crippen LogP contribution in [-0.4, -0.2) is 10.9 Å². The lowest BCUT2D eigenvalue weighted by atomic mass is 10.2. The maximum Gasteiger partial charge on any atom is 0.267 e. The number of nitrogens with two attached hydrogens (primary N) is 1. The molecule has 7 heteroatoms. The zero-order chi connectivity index (χ0) is 10.9. The van der Waals surface area contributed by atoms with Crippen LogP contribution >= 0.6 is 11.6 Å². The van der Waals surface area contributed by atoms with Gasteiger partial charge >= 0.3 is 0 Å². The van der Waals surface area contributed by atoms with Gasteiger partial charge in [0.25, 0.3) is 12.3 Å². The van der Waals surface area contributed by atoms with Crippen LogP contribution in [0.15, 0.2) is 6.07 Å². The second-order valence-electron chi connectivity index (χ2n) is 2.36. The first-order chi connectivity index (χ1) is 6.43. The third kappa shape index (κ3) is 1.95. The minimum Gasteiger partial charge on any atom is -0.364 e. The van der Waals surface area contributed by atoms with Gasteiger partial charge in [-0.25, -0.2) is 18.2 Å². The first-order valence-corrected chi connectivity index (χ1v) is 3.75. The molecule has 0 aliphatic carbocycles. The Labute approximate surface area is 81.7 Å². The van der Waals surface area contributed by atoms with E-state index >= 15 is 0 Å². The molecule has 0 radical (unpaired) electrons. The van der Waals surface area contributed by atoms with Crippen LogP contribution in [0.5, 0.6) is 0 Å². The predicted molar refractivity (Wildman–Crippen MR) is 42.7 cm³/mol. The van der Waals surface area contributed by atoms with E-state index in [4.69, 9.17) is 17.3 Å². The van der Waals surface area contributed by atoms with E-state index in [0.29, 0.717) is 6.07 Å². The number of alkyl halides is 2. The molecule has 0 atom stereocenters. The van der Waals surface area contributed by atoms with Crippen molar-refractivity contribution in [3.63, 3.8) is 0 Å². The first-order valence-electron chi connectivity index (χ1n) is 3.37. The van der Waals surface area contributed by atoms with Gasteiger partial charge in [-0.1, -0.05) is 11.6 Å². The average molecular weight is 225 g/mol. The summed E-state index contributed by atoms with van der Waals surface area (Å²) in [6, 6.07) is 0.445.